The number of rotatable bonds is 6. The van der Waals surface area contributed by atoms with Crippen molar-refractivity contribution in [2.75, 3.05) is 20.1 Å². The lowest BCUT2D eigenvalue weighted by atomic mass is 10.1. The first-order valence-corrected chi connectivity index (χ1v) is 8.46. The number of hydrogen-bond acceptors (Lipinski definition) is 3. The molecule has 0 aliphatic carbocycles. The van der Waals surface area contributed by atoms with Gasteiger partial charge in [0, 0.05) is 31.9 Å². The zero-order valence-electron chi connectivity index (χ0n) is 13.5. The fourth-order valence-electron chi connectivity index (χ4n) is 2.25. The normalized spacial score (nSPS) is 11.5. The van der Waals surface area contributed by atoms with Crippen LogP contribution in [0.5, 0.6) is 0 Å². The molecule has 0 atom stereocenters. The van der Waals surface area contributed by atoms with E-state index in [0.29, 0.717) is 0 Å². The molecule has 22 heavy (non-hydrogen) atoms. The monoisotopic (exact) mass is 316 g/mol. The SMILES string of the molecule is CN=C(NCCc1cccc(C)c1)NCCc1csc(C)n1. The van der Waals surface area contributed by atoms with Gasteiger partial charge in [0.1, 0.15) is 0 Å². The first kappa shape index (κ1) is 16.5. The van der Waals surface area contributed by atoms with E-state index in [-0.39, 0.29) is 0 Å². The fourth-order valence-corrected chi connectivity index (χ4v) is 2.89. The molecular weight excluding hydrogens is 292 g/mol. The van der Waals surface area contributed by atoms with Gasteiger partial charge >= 0.3 is 0 Å². The van der Waals surface area contributed by atoms with Crippen molar-refractivity contribution >= 4 is 17.3 Å². The molecule has 0 spiro atoms. The van der Waals surface area contributed by atoms with Crippen molar-refractivity contribution in [2.24, 2.45) is 4.99 Å². The Labute approximate surface area is 136 Å². The van der Waals surface area contributed by atoms with Crippen LogP contribution in [-0.2, 0) is 12.8 Å². The Morgan fingerprint density at radius 1 is 1.18 bits per heavy atom. The van der Waals surface area contributed by atoms with Crippen molar-refractivity contribution in [3.63, 3.8) is 0 Å². The summed E-state index contributed by atoms with van der Waals surface area (Å²) < 4.78 is 0. The molecule has 1 aromatic carbocycles. The minimum Gasteiger partial charge on any atom is -0.356 e. The molecule has 118 valence electrons. The van der Waals surface area contributed by atoms with Gasteiger partial charge in [-0.3, -0.25) is 4.99 Å². The first-order chi connectivity index (χ1) is 10.7. The minimum atomic E-state index is 0.841. The molecule has 2 N–H and O–H groups in total. The molecule has 0 unspecified atom stereocenters. The lowest BCUT2D eigenvalue weighted by Crippen LogP contribution is -2.39. The van der Waals surface area contributed by atoms with E-state index in [4.69, 9.17) is 0 Å². The molecule has 0 saturated carbocycles. The molecule has 2 rings (SSSR count). The van der Waals surface area contributed by atoms with Crippen LogP contribution in [0.4, 0.5) is 0 Å². The maximum Gasteiger partial charge on any atom is 0.190 e. The van der Waals surface area contributed by atoms with Crippen LogP contribution in [-0.4, -0.2) is 31.1 Å². The Kier molecular flexibility index (Phi) is 6.40. The third kappa shape index (κ3) is 5.48. The number of benzene rings is 1. The molecule has 0 bridgehead atoms. The Morgan fingerprint density at radius 3 is 2.59 bits per heavy atom. The summed E-state index contributed by atoms with van der Waals surface area (Å²) in [7, 11) is 1.80. The van der Waals surface area contributed by atoms with Gasteiger partial charge in [0.25, 0.3) is 0 Å². The maximum absolute atomic E-state index is 4.46. The van der Waals surface area contributed by atoms with Crippen molar-refractivity contribution in [1.29, 1.82) is 0 Å². The Hall–Kier alpha value is -1.88. The lowest BCUT2D eigenvalue weighted by molar-refractivity contribution is 0.777. The highest BCUT2D eigenvalue weighted by atomic mass is 32.1. The highest BCUT2D eigenvalue weighted by Gasteiger charge is 2.01. The summed E-state index contributed by atoms with van der Waals surface area (Å²) in [4.78, 5) is 8.71. The summed E-state index contributed by atoms with van der Waals surface area (Å²) in [5.74, 6) is 0.847. The smallest absolute Gasteiger partial charge is 0.190 e. The summed E-state index contributed by atoms with van der Waals surface area (Å²) in [6.45, 7) is 5.87. The predicted octanol–water partition coefficient (Wildman–Crippen LogP) is 2.71. The van der Waals surface area contributed by atoms with Crippen molar-refractivity contribution in [3.8, 4) is 0 Å². The van der Waals surface area contributed by atoms with Gasteiger partial charge in [0.2, 0.25) is 0 Å². The molecule has 5 heteroatoms. The van der Waals surface area contributed by atoms with E-state index in [0.717, 1.165) is 42.6 Å². The third-order valence-corrected chi connectivity index (χ3v) is 4.17. The van der Waals surface area contributed by atoms with Crippen molar-refractivity contribution in [3.05, 3.63) is 51.5 Å². The van der Waals surface area contributed by atoms with Crippen LogP contribution in [0.2, 0.25) is 0 Å². The summed E-state index contributed by atoms with van der Waals surface area (Å²) in [5.41, 5.74) is 3.80. The third-order valence-electron chi connectivity index (χ3n) is 3.35. The summed E-state index contributed by atoms with van der Waals surface area (Å²) in [5, 5.41) is 9.92. The molecule has 0 fully saturated rings. The van der Waals surface area contributed by atoms with Gasteiger partial charge in [-0.15, -0.1) is 11.3 Å². The molecule has 1 heterocycles. The quantitative estimate of drug-likeness (QED) is 0.636. The highest BCUT2D eigenvalue weighted by molar-refractivity contribution is 7.09. The van der Waals surface area contributed by atoms with E-state index < -0.39 is 0 Å². The fraction of sp³-hybridized carbons (Fsp3) is 0.412. The van der Waals surface area contributed by atoms with Crippen molar-refractivity contribution < 1.29 is 0 Å². The summed E-state index contributed by atoms with van der Waals surface area (Å²) in [6.07, 6.45) is 1.91. The standard InChI is InChI=1S/C17H24N4S/c1-13-5-4-6-15(11-13)7-9-19-17(18-3)20-10-8-16-12-22-14(2)21-16/h4-6,11-12H,7-10H2,1-3H3,(H2,18,19,20). The molecule has 0 radical (unpaired) electrons. The topological polar surface area (TPSA) is 49.3 Å². The van der Waals surface area contributed by atoms with E-state index in [9.17, 15) is 0 Å². The second-order valence-corrected chi connectivity index (χ2v) is 6.33. The number of thiazole rings is 1. The van der Waals surface area contributed by atoms with Gasteiger partial charge in [-0.25, -0.2) is 4.98 Å². The van der Waals surface area contributed by atoms with Gasteiger partial charge in [0.05, 0.1) is 10.7 Å². The van der Waals surface area contributed by atoms with Crippen LogP contribution in [0.3, 0.4) is 0 Å². The number of aromatic nitrogens is 1. The van der Waals surface area contributed by atoms with Crippen molar-refractivity contribution in [1.82, 2.24) is 15.6 Å². The number of nitrogens with zero attached hydrogens (tertiary/aromatic N) is 2. The van der Waals surface area contributed by atoms with E-state index >= 15 is 0 Å². The molecule has 0 amide bonds. The van der Waals surface area contributed by atoms with Crippen LogP contribution >= 0.6 is 11.3 Å². The molecular formula is C17H24N4S. The van der Waals surface area contributed by atoms with Gasteiger partial charge in [-0.05, 0) is 25.8 Å². The Morgan fingerprint density at radius 2 is 1.95 bits per heavy atom. The molecule has 0 aliphatic heterocycles. The van der Waals surface area contributed by atoms with Crippen molar-refractivity contribution in [2.45, 2.75) is 26.7 Å². The second-order valence-electron chi connectivity index (χ2n) is 5.27. The predicted molar refractivity (Wildman–Crippen MR) is 94.8 cm³/mol. The number of hydrogen-bond donors (Lipinski definition) is 2. The van der Waals surface area contributed by atoms with Crippen LogP contribution in [0.1, 0.15) is 21.8 Å². The first-order valence-electron chi connectivity index (χ1n) is 7.58. The zero-order valence-corrected chi connectivity index (χ0v) is 14.3. The number of guanidine groups is 1. The summed E-state index contributed by atoms with van der Waals surface area (Å²) >= 11 is 1.70. The number of aryl methyl sites for hydroxylation is 2. The molecule has 1 aromatic heterocycles. The highest BCUT2D eigenvalue weighted by Crippen LogP contribution is 2.07. The van der Waals surface area contributed by atoms with Crippen LogP contribution in [0.15, 0.2) is 34.6 Å². The van der Waals surface area contributed by atoms with E-state index in [1.165, 1.54) is 11.1 Å². The van der Waals surface area contributed by atoms with Gasteiger partial charge in [-0.2, -0.15) is 0 Å². The van der Waals surface area contributed by atoms with Crippen LogP contribution in [0, 0.1) is 13.8 Å². The molecule has 2 aromatic rings. The average Bonchev–Trinajstić information content (AvgIpc) is 2.91. The summed E-state index contributed by atoms with van der Waals surface area (Å²) in [6, 6.07) is 8.61. The maximum atomic E-state index is 4.46. The lowest BCUT2D eigenvalue weighted by Gasteiger charge is -2.11. The zero-order chi connectivity index (χ0) is 15.8. The Bertz CT molecular complexity index is 619. The number of nitrogens with one attached hydrogen (secondary N) is 2. The van der Waals surface area contributed by atoms with Crippen LogP contribution < -0.4 is 10.6 Å². The van der Waals surface area contributed by atoms with Gasteiger partial charge < -0.3 is 10.6 Å². The van der Waals surface area contributed by atoms with Gasteiger partial charge in [-0.1, -0.05) is 29.8 Å². The molecule has 0 aliphatic rings. The largest absolute Gasteiger partial charge is 0.356 e. The number of aliphatic imine (C=N–C) groups is 1. The Balaban J connectivity index is 1.69. The minimum absolute atomic E-state index is 0.841. The van der Waals surface area contributed by atoms with E-state index in [2.05, 4.69) is 57.2 Å². The van der Waals surface area contributed by atoms with Crippen LogP contribution in [0.25, 0.3) is 0 Å². The molecule has 4 nitrogen and oxygen atoms in total. The molecule has 0 saturated heterocycles. The second kappa shape index (κ2) is 8.54. The average molecular weight is 316 g/mol. The van der Waals surface area contributed by atoms with E-state index in [1.54, 1.807) is 18.4 Å². The van der Waals surface area contributed by atoms with Gasteiger partial charge in [0.15, 0.2) is 5.96 Å². The van der Waals surface area contributed by atoms with E-state index in [1.807, 2.05) is 6.92 Å².